The van der Waals surface area contributed by atoms with E-state index >= 15 is 0 Å². The molecule has 2 aromatic carbocycles. The first-order chi connectivity index (χ1) is 9.97. The first-order valence-electron chi connectivity index (χ1n) is 6.08. The van der Waals surface area contributed by atoms with Crippen LogP contribution in [0, 0.1) is 18.6 Å². The molecule has 3 nitrogen and oxygen atoms in total. The molecule has 6 heteroatoms. The van der Waals surface area contributed by atoms with Crippen LogP contribution in [0.1, 0.15) is 5.56 Å². The van der Waals surface area contributed by atoms with Gasteiger partial charge >= 0.3 is 0 Å². The fourth-order valence-electron chi connectivity index (χ4n) is 2.05. The van der Waals surface area contributed by atoms with Gasteiger partial charge in [0.05, 0.1) is 11.1 Å². The third-order valence-electron chi connectivity index (χ3n) is 3.14. The summed E-state index contributed by atoms with van der Waals surface area (Å²) in [5.74, 6) is -1.60. The van der Waals surface area contributed by atoms with Crippen molar-refractivity contribution in [2.75, 3.05) is 0 Å². The Morgan fingerprint density at radius 3 is 2.62 bits per heavy atom. The summed E-state index contributed by atoms with van der Waals surface area (Å²) in [4.78, 5) is 8.06. The molecule has 0 bridgehead atoms. The van der Waals surface area contributed by atoms with Gasteiger partial charge in [-0.05, 0) is 36.8 Å². The summed E-state index contributed by atoms with van der Waals surface area (Å²) < 4.78 is 28.0. The predicted molar refractivity (Wildman–Crippen MR) is 76.3 cm³/mol. The molecule has 0 amide bonds. The van der Waals surface area contributed by atoms with Gasteiger partial charge in [-0.1, -0.05) is 17.7 Å². The van der Waals surface area contributed by atoms with Crippen molar-refractivity contribution in [3.63, 3.8) is 0 Å². The van der Waals surface area contributed by atoms with E-state index in [0.717, 1.165) is 6.07 Å². The highest BCUT2D eigenvalue weighted by Crippen LogP contribution is 2.30. The zero-order valence-electron chi connectivity index (χ0n) is 10.9. The van der Waals surface area contributed by atoms with Crippen molar-refractivity contribution >= 4 is 22.5 Å². The van der Waals surface area contributed by atoms with Gasteiger partial charge in [-0.2, -0.15) is 0 Å². The highest BCUT2D eigenvalue weighted by atomic mass is 35.5. The average Bonchev–Trinajstić information content (AvgIpc) is 2.44. The van der Waals surface area contributed by atoms with Crippen LogP contribution in [0.3, 0.4) is 0 Å². The second kappa shape index (κ2) is 4.93. The third kappa shape index (κ3) is 2.29. The maximum atomic E-state index is 14.1. The van der Waals surface area contributed by atoms with E-state index in [4.69, 9.17) is 11.6 Å². The molecule has 1 N–H and O–H groups in total. The molecule has 0 unspecified atom stereocenters. The molecule has 0 aliphatic heterocycles. The van der Waals surface area contributed by atoms with E-state index in [-0.39, 0.29) is 27.9 Å². The molecule has 3 rings (SSSR count). The molecule has 0 saturated heterocycles. The molecule has 106 valence electrons. The Balaban J connectivity index is 2.32. The fraction of sp³-hybridized carbons (Fsp3) is 0.0667. The van der Waals surface area contributed by atoms with E-state index in [0.29, 0.717) is 10.9 Å². The van der Waals surface area contributed by atoms with Crippen LogP contribution in [0.25, 0.3) is 22.3 Å². The summed E-state index contributed by atoms with van der Waals surface area (Å²) >= 11 is 6.02. The number of benzene rings is 2. The van der Waals surface area contributed by atoms with E-state index in [2.05, 4.69) is 9.97 Å². The topological polar surface area (TPSA) is 46.0 Å². The normalized spacial score (nSPS) is 11.0. The Kier molecular flexibility index (Phi) is 3.22. The number of hydrogen-bond acceptors (Lipinski definition) is 3. The van der Waals surface area contributed by atoms with Crippen molar-refractivity contribution in [1.29, 1.82) is 0 Å². The van der Waals surface area contributed by atoms with Crippen LogP contribution in [0.4, 0.5) is 8.78 Å². The first kappa shape index (κ1) is 13.7. The van der Waals surface area contributed by atoms with E-state index in [9.17, 15) is 13.9 Å². The van der Waals surface area contributed by atoms with Crippen molar-refractivity contribution in [3.05, 3.63) is 52.7 Å². The van der Waals surface area contributed by atoms with Crippen molar-refractivity contribution < 1.29 is 13.9 Å². The van der Waals surface area contributed by atoms with Crippen LogP contribution in [-0.4, -0.2) is 15.1 Å². The molecular weight excluding hydrogens is 298 g/mol. The summed E-state index contributed by atoms with van der Waals surface area (Å²) in [5.41, 5.74) is 0.368. The Morgan fingerprint density at radius 2 is 1.86 bits per heavy atom. The van der Waals surface area contributed by atoms with Gasteiger partial charge in [-0.3, -0.25) is 0 Å². The highest BCUT2D eigenvalue weighted by molar-refractivity contribution is 6.34. The van der Waals surface area contributed by atoms with E-state index < -0.39 is 11.6 Å². The minimum absolute atomic E-state index is 0.00802. The van der Waals surface area contributed by atoms with Crippen molar-refractivity contribution in [3.8, 4) is 17.1 Å². The molecule has 21 heavy (non-hydrogen) atoms. The number of rotatable bonds is 1. The molecule has 0 fully saturated rings. The number of nitrogens with zero attached hydrogens (tertiary/aromatic N) is 2. The lowest BCUT2D eigenvalue weighted by molar-refractivity contribution is 0.476. The van der Waals surface area contributed by atoms with Crippen LogP contribution >= 0.6 is 11.6 Å². The standard InChI is InChI=1S/C15H9ClF2N2O/c1-7-2-4-10(17)12(13(7)18)15-19-11-5-3-8(21)6-9(11)14(16)20-15/h2-6,21H,1H3. The highest BCUT2D eigenvalue weighted by Gasteiger charge is 2.18. The van der Waals surface area contributed by atoms with Gasteiger partial charge in [-0.15, -0.1) is 0 Å². The Bertz CT molecular complexity index is 868. The van der Waals surface area contributed by atoms with Crippen LogP contribution in [0.2, 0.25) is 5.15 Å². The lowest BCUT2D eigenvalue weighted by Crippen LogP contribution is -1.99. The maximum Gasteiger partial charge on any atom is 0.167 e. The summed E-state index contributed by atoms with van der Waals surface area (Å²) in [6.07, 6.45) is 0. The number of phenolic OH excluding ortho intramolecular Hbond substituents is 1. The van der Waals surface area contributed by atoms with Crippen molar-refractivity contribution in [2.45, 2.75) is 6.92 Å². The molecule has 0 aliphatic carbocycles. The minimum atomic E-state index is -0.757. The summed E-state index contributed by atoms with van der Waals surface area (Å²) in [5, 5.41) is 9.86. The fourth-order valence-corrected chi connectivity index (χ4v) is 2.28. The molecule has 0 radical (unpaired) electrons. The predicted octanol–water partition coefficient (Wildman–Crippen LogP) is 4.24. The SMILES string of the molecule is Cc1ccc(F)c(-c2nc(Cl)c3cc(O)ccc3n2)c1F. The van der Waals surface area contributed by atoms with Gasteiger partial charge in [0.15, 0.2) is 5.82 Å². The van der Waals surface area contributed by atoms with Crippen LogP contribution in [-0.2, 0) is 0 Å². The first-order valence-corrected chi connectivity index (χ1v) is 6.46. The molecule has 1 aromatic heterocycles. The van der Waals surface area contributed by atoms with Gasteiger partial charge in [0, 0.05) is 5.39 Å². The number of aromatic hydroxyl groups is 1. The van der Waals surface area contributed by atoms with Gasteiger partial charge in [0.2, 0.25) is 0 Å². The molecule has 1 heterocycles. The van der Waals surface area contributed by atoms with E-state index in [1.54, 1.807) is 0 Å². The van der Waals surface area contributed by atoms with E-state index in [1.165, 1.54) is 31.2 Å². The second-order valence-electron chi connectivity index (χ2n) is 4.59. The molecule has 0 atom stereocenters. The molecular formula is C15H9ClF2N2O. The van der Waals surface area contributed by atoms with Gasteiger partial charge in [0.1, 0.15) is 22.5 Å². The quantitative estimate of drug-likeness (QED) is 0.684. The van der Waals surface area contributed by atoms with Crippen LogP contribution in [0.15, 0.2) is 30.3 Å². The van der Waals surface area contributed by atoms with Crippen LogP contribution < -0.4 is 0 Å². The van der Waals surface area contributed by atoms with Crippen molar-refractivity contribution in [1.82, 2.24) is 9.97 Å². The number of aromatic nitrogens is 2. The molecule has 0 aliphatic rings. The Hall–Kier alpha value is -2.27. The van der Waals surface area contributed by atoms with Gasteiger partial charge < -0.3 is 5.11 Å². The summed E-state index contributed by atoms with van der Waals surface area (Å²) in [6.45, 7) is 1.53. The largest absolute Gasteiger partial charge is 0.508 e. The molecule has 3 aromatic rings. The smallest absolute Gasteiger partial charge is 0.167 e. The number of fused-ring (bicyclic) bond motifs is 1. The maximum absolute atomic E-state index is 14.1. The minimum Gasteiger partial charge on any atom is -0.508 e. The number of hydrogen-bond donors (Lipinski definition) is 1. The lowest BCUT2D eigenvalue weighted by atomic mass is 10.1. The zero-order chi connectivity index (χ0) is 15.1. The number of halogens is 3. The van der Waals surface area contributed by atoms with E-state index in [1.807, 2.05) is 0 Å². The summed E-state index contributed by atoms with van der Waals surface area (Å²) in [7, 11) is 0. The number of phenols is 1. The molecule has 0 saturated carbocycles. The van der Waals surface area contributed by atoms with Crippen molar-refractivity contribution in [2.24, 2.45) is 0 Å². The molecule has 0 spiro atoms. The second-order valence-corrected chi connectivity index (χ2v) is 4.95. The monoisotopic (exact) mass is 306 g/mol. The Labute approximate surface area is 123 Å². The summed E-state index contributed by atoms with van der Waals surface area (Å²) in [6, 6.07) is 6.82. The average molecular weight is 307 g/mol. The third-order valence-corrected chi connectivity index (χ3v) is 3.43. The van der Waals surface area contributed by atoms with Crippen LogP contribution in [0.5, 0.6) is 5.75 Å². The Morgan fingerprint density at radius 1 is 1.10 bits per heavy atom. The van der Waals surface area contributed by atoms with Gasteiger partial charge in [-0.25, -0.2) is 18.7 Å². The zero-order valence-corrected chi connectivity index (χ0v) is 11.6. The lowest BCUT2D eigenvalue weighted by Gasteiger charge is -2.08. The number of aryl methyl sites for hydroxylation is 1. The van der Waals surface area contributed by atoms with Gasteiger partial charge in [0.25, 0.3) is 0 Å².